The van der Waals surface area contributed by atoms with Gasteiger partial charge in [-0.25, -0.2) is 0 Å². The molecule has 0 amide bonds. The van der Waals surface area contributed by atoms with Gasteiger partial charge in [0.2, 0.25) is 0 Å². The topological polar surface area (TPSA) is 165 Å². The number of carbonyl (C=O) groups excluding carboxylic acids is 2. The van der Waals surface area contributed by atoms with Crippen LogP contribution in [0.15, 0.2) is 338 Å². The second kappa shape index (κ2) is 59.4. The van der Waals surface area contributed by atoms with Crippen LogP contribution in [0.3, 0.4) is 0 Å². The van der Waals surface area contributed by atoms with E-state index in [1.165, 1.54) is 84.3 Å². The van der Waals surface area contributed by atoms with Gasteiger partial charge in [0.05, 0.1) is 22.6 Å². The van der Waals surface area contributed by atoms with Crippen molar-refractivity contribution in [2.75, 3.05) is 0 Å². The maximum atomic E-state index is 11.2. The number of para-hydroxylation sites is 1. The number of ketones is 2. The van der Waals surface area contributed by atoms with Crippen LogP contribution in [0.25, 0.3) is 123 Å². The summed E-state index contributed by atoms with van der Waals surface area (Å²) in [6.45, 7) is 44.7. The van der Waals surface area contributed by atoms with Crippen molar-refractivity contribution < 1.29 is 125 Å². The number of nitrogens with zero attached hydrogens (tertiary/aromatic N) is 6. The fourth-order valence-corrected chi connectivity index (χ4v) is 16.4. The summed E-state index contributed by atoms with van der Waals surface area (Å²) in [5.41, 5.74) is 31.8. The van der Waals surface area contributed by atoms with E-state index in [1.54, 1.807) is 12.4 Å². The van der Waals surface area contributed by atoms with Crippen molar-refractivity contribution in [3.05, 3.63) is 420 Å². The molecular formula is C128H134Ir5N6O5-6. The number of fused-ring (bicyclic) bond motifs is 7. The maximum absolute atomic E-state index is 11.2. The summed E-state index contributed by atoms with van der Waals surface area (Å²) in [5, 5.41) is 22.3. The van der Waals surface area contributed by atoms with Gasteiger partial charge in [0.1, 0.15) is 5.58 Å². The van der Waals surface area contributed by atoms with E-state index < -0.39 is 0 Å². The van der Waals surface area contributed by atoms with E-state index in [0.29, 0.717) is 61.2 Å². The van der Waals surface area contributed by atoms with E-state index in [1.807, 2.05) is 233 Å². The number of benzene rings is 10. The average Bonchev–Trinajstić information content (AvgIpc) is 1.56. The summed E-state index contributed by atoms with van der Waals surface area (Å²) in [7, 11) is 0. The minimum absolute atomic E-state index is 0. The van der Waals surface area contributed by atoms with Gasteiger partial charge in [0.15, 0.2) is 11.6 Å². The zero-order valence-electron chi connectivity index (χ0n) is 86.6. The first-order chi connectivity index (χ1) is 66.5. The summed E-state index contributed by atoms with van der Waals surface area (Å²) in [4.78, 5) is 49.4. The number of aliphatic hydroxyl groups excluding tert-OH is 2. The summed E-state index contributed by atoms with van der Waals surface area (Å²) < 4.78 is 6.26. The standard InChI is InChI=1S/C30H30N.C20H16NO.C18H14N.C15H16N.C12H10N.C11H8N.2C11H20O2.5Ir/c1-18(2)11-21-15-28(22-13-19(3)12-20(4)14-22)31-29-17-27-25(16-24(21)29)23-9-7-8-10-26(23)30(27,5)6;1-13(2)14-7-5-8-15-16-9-6-10-17(20(16)22-19(14)15)18-11-3-4-12-21-18;1-14-7-9-15(10-8-14)17-11-12-19-18(13-17)16-5-3-2-4-6-16;1-15(2,3)13-9-10-16-14(11-13)12-7-5-4-6-8-12;1-10-7-8-12(13-9-10)11-5-3-2-4-6-11;1-2-6-10(7-3-1)11-8-4-5-9-12-11;2*1-8(2)5-10(12)7-11(13)6-9(3)4;;;;;/h7-10,12-13,15-18H,11H2,1-6H3;3-9,11-13H,1-2H3;2-5,7-13H,1H3;4-7,9-11H,1-3H3;2-5,7-9H,1H3;1-6,8-9H;2*7-9,12H,5-6H2,1-4H3;;;;;/q6*-1;;;;;;;. The van der Waals surface area contributed by atoms with Gasteiger partial charge >= 0.3 is 0 Å². The Bertz CT molecular complexity index is 6790. The summed E-state index contributed by atoms with van der Waals surface area (Å²) in [6.07, 6.45) is 15.2. The molecule has 0 fully saturated rings. The Morgan fingerprint density at radius 3 is 1.37 bits per heavy atom. The van der Waals surface area contributed by atoms with E-state index in [2.05, 4.69) is 272 Å². The quantitative estimate of drug-likeness (QED) is 0.0424. The second-order valence-electron chi connectivity index (χ2n) is 39.5. The van der Waals surface area contributed by atoms with Crippen LogP contribution in [0.4, 0.5) is 0 Å². The van der Waals surface area contributed by atoms with Crippen LogP contribution in [0.2, 0.25) is 0 Å². The van der Waals surface area contributed by atoms with Gasteiger partial charge < -0.3 is 39.6 Å². The van der Waals surface area contributed by atoms with Gasteiger partial charge in [0, 0.05) is 186 Å². The number of allylic oxidation sites excluding steroid dienone is 4. The number of pyridine rings is 6. The van der Waals surface area contributed by atoms with Crippen LogP contribution in [-0.2, 0) is 127 Å². The molecule has 1 aliphatic carbocycles. The van der Waals surface area contributed by atoms with Crippen molar-refractivity contribution in [3.8, 4) is 89.8 Å². The number of rotatable bonds is 20. The molecule has 5 radical (unpaired) electrons. The van der Waals surface area contributed by atoms with Crippen molar-refractivity contribution in [3.63, 3.8) is 0 Å². The molecule has 144 heavy (non-hydrogen) atoms. The van der Waals surface area contributed by atoms with Crippen LogP contribution in [0.1, 0.15) is 199 Å². The number of aryl methyl sites for hydroxylation is 4. The molecule has 0 unspecified atom stereocenters. The van der Waals surface area contributed by atoms with Crippen LogP contribution in [0, 0.1) is 93.7 Å². The predicted molar refractivity (Wildman–Crippen MR) is 578 cm³/mol. The van der Waals surface area contributed by atoms with E-state index in [0.717, 1.165) is 107 Å². The van der Waals surface area contributed by atoms with Crippen molar-refractivity contribution in [1.82, 2.24) is 29.9 Å². The Morgan fingerprint density at radius 1 is 0.382 bits per heavy atom. The molecule has 0 atom stereocenters. The molecule has 0 spiro atoms. The Hall–Kier alpha value is -11.2. The first kappa shape index (κ1) is 122. The zero-order valence-corrected chi connectivity index (χ0v) is 98.5. The maximum Gasteiger partial charge on any atom is 0.159 e. The average molecular weight is 2800 g/mol. The number of carbonyl (C=O) groups is 2. The first-order valence-corrected chi connectivity index (χ1v) is 48.5. The Labute approximate surface area is 924 Å². The van der Waals surface area contributed by atoms with E-state index in [4.69, 9.17) is 9.40 Å². The van der Waals surface area contributed by atoms with Gasteiger partial charge in [-0.1, -0.05) is 269 Å². The molecule has 2 N–H and O–H groups in total. The van der Waals surface area contributed by atoms with Crippen LogP contribution >= 0.6 is 0 Å². The number of furan rings is 1. The van der Waals surface area contributed by atoms with E-state index in [-0.39, 0.29) is 134 Å². The molecule has 18 rings (SSSR count). The number of hydrogen-bond acceptors (Lipinski definition) is 11. The molecule has 10 aromatic carbocycles. The fraction of sp³-hybridized carbons (Fsp3) is 0.266. The van der Waals surface area contributed by atoms with E-state index >= 15 is 0 Å². The van der Waals surface area contributed by atoms with Crippen LogP contribution < -0.4 is 0 Å². The van der Waals surface area contributed by atoms with Gasteiger partial charge in [-0.2, -0.15) is 0 Å². The number of hydrogen-bond donors (Lipinski definition) is 2. The molecule has 7 heterocycles. The minimum Gasteiger partial charge on any atom is -0.512 e. The Balaban J connectivity index is 0.000000256. The molecule has 0 aliphatic heterocycles. The fourth-order valence-electron chi connectivity index (χ4n) is 16.4. The number of aromatic nitrogens is 6. The van der Waals surface area contributed by atoms with Gasteiger partial charge in [-0.05, 0) is 187 Å². The molecule has 11 nitrogen and oxygen atoms in total. The third-order valence-corrected chi connectivity index (χ3v) is 23.1. The van der Waals surface area contributed by atoms with Crippen LogP contribution in [0.5, 0.6) is 0 Å². The van der Waals surface area contributed by atoms with Crippen molar-refractivity contribution >= 4 is 44.4 Å². The zero-order chi connectivity index (χ0) is 99.9. The van der Waals surface area contributed by atoms with E-state index in [9.17, 15) is 19.8 Å². The van der Waals surface area contributed by atoms with Crippen LogP contribution in [-0.4, -0.2) is 51.7 Å². The van der Waals surface area contributed by atoms with Gasteiger partial charge in [-0.3, -0.25) is 14.6 Å². The molecule has 0 bridgehead atoms. The largest absolute Gasteiger partial charge is 0.512 e. The minimum atomic E-state index is -0.0118. The third-order valence-electron chi connectivity index (χ3n) is 23.1. The molecule has 757 valence electrons. The van der Waals surface area contributed by atoms with Crippen molar-refractivity contribution in [2.24, 2.45) is 29.6 Å². The molecular weight excluding hydrogens is 2660 g/mol. The summed E-state index contributed by atoms with van der Waals surface area (Å²) in [6, 6.07) is 114. The van der Waals surface area contributed by atoms with Crippen molar-refractivity contribution in [2.45, 2.75) is 194 Å². The smallest absolute Gasteiger partial charge is 0.159 e. The summed E-state index contributed by atoms with van der Waals surface area (Å²) in [5.74, 6) is 2.96. The predicted octanol–water partition coefficient (Wildman–Crippen LogP) is 33.3. The number of aliphatic hydroxyl groups is 2. The molecule has 0 saturated carbocycles. The Kier molecular flexibility index (Phi) is 50.2. The first-order valence-electron chi connectivity index (χ1n) is 48.5. The monoisotopic (exact) mass is 2800 g/mol. The van der Waals surface area contributed by atoms with Crippen molar-refractivity contribution in [1.29, 1.82) is 0 Å². The third kappa shape index (κ3) is 36.5. The molecule has 0 saturated heterocycles. The summed E-state index contributed by atoms with van der Waals surface area (Å²) >= 11 is 0. The second-order valence-corrected chi connectivity index (χ2v) is 39.5. The van der Waals surface area contributed by atoms with Gasteiger partial charge in [-0.15, -0.1) is 197 Å². The normalized spacial score (nSPS) is 11.4. The molecule has 7 aromatic heterocycles. The molecule has 16 heteroatoms. The molecule has 17 aromatic rings. The Morgan fingerprint density at radius 2 is 0.875 bits per heavy atom. The molecule has 1 aliphatic rings. The van der Waals surface area contributed by atoms with Gasteiger partial charge in [0.25, 0.3) is 0 Å². The SMILES string of the molecule is CC(C)(C)c1ccnc(-c2[c-]cccc2)c1.CC(C)CC(=O)C=C(O)CC(C)C.CC(C)CC(=O)C=C(O)CC(C)C.CC(C)c1cccc2c1oc1c(-c3ccccn3)[c-]ccc12.Cc1[c-]c(-c2cc(CC(C)C)c3cc4c(cc3n2)C(C)(C)c2ccccc2-4)cc(C)c1.Cc1ccc(-c2[c-]cccc2)nc1.Cc1ccc(-c2ccnc(-c3[c-]cccc3)c2)cc1.[Ir].[Ir].[Ir].[Ir].[Ir].[c-]1ccccc1-c1ccccn1.